The first-order valence-corrected chi connectivity index (χ1v) is 4.22. The van der Waals surface area contributed by atoms with Gasteiger partial charge in [-0.25, -0.2) is 0 Å². The van der Waals surface area contributed by atoms with E-state index in [0.717, 1.165) is 5.56 Å². The van der Waals surface area contributed by atoms with Gasteiger partial charge in [0.25, 0.3) is 0 Å². The third kappa shape index (κ3) is 3.27. The van der Waals surface area contributed by atoms with Crippen LogP contribution in [0, 0.1) is 0 Å². The van der Waals surface area contributed by atoms with Gasteiger partial charge in [0, 0.05) is 5.33 Å². The second kappa shape index (κ2) is 5.75. The molecule has 0 amide bonds. The van der Waals surface area contributed by atoms with Gasteiger partial charge in [-0.1, -0.05) is 34.1 Å². The molecule has 0 atom stereocenters. The molecule has 0 unspecified atom stereocenters. The van der Waals surface area contributed by atoms with Gasteiger partial charge in [0.1, 0.15) is 0 Å². The zero-order valence-corrected chi connectivity index (χ0v) is 10.3. The molecule has 0 aromatic heterocycles. The summed E-state index contributed by atoms with van der Waals surface area (Å²) in [6, 6.07) is 6.65. The van der Waals surface area contributed by atoms with Crippen molar-refractivity contribution in [3.05, 3.63) is 35.4 Å². The third-order valence-electron chi connectivity index (χ3n) is 1.32. The van der Waals surface area contributed by atoms with Crippen LogP contribution >= 0.6 is 15.9 Å². The van der Waals surface area contributed by atoms with Crippen LogP contribution in [0.1, 0.15) is 15.9 Å². The number of halogens is 1. The number of aromatic carboxylic acids is 1. The van der Waals surface area contributed by atoms with Crippen molar-refractivity contribution in [1.29, 1.82) is 0 Å². The molecule has 0 aliphatic heterocycles. The average molecular weight is 237 g/mol. The summed E-state index contributed by atoms with van der Waals surface area (Å²) in [5.74, 6) is -1.13. The van der Waals surface area contributed by atoms with E-state index < -0.39 is 5.97 Å². The summed E-state index contributed by atoms with van der Waals surface area (Å²) in [7, 11) is 0. The Hall–Kier alpha value is 0.170. The Balaban J connectivity index is 0.00000121. The molecule has 4 heteroatoms. The van der Waals surface area contributed by atoms with E-state index in [9.17, 15) is 9.90 Å². The molecule has 1 aromatic rings. The predicted molar refractivity (Wildman–Crippen MR) is 43.4 cm³/mol. The Bertz CT molecular complexity index is 276. The minimum Gasteiger partial charge on any atom is -0.545 e. The summed E-state index contributed by atoms with van der Waals surface area (Å²) >= 11 is 3.23. The van der Waals surface area contributed by atoms with Crippen LogP contribution in [0.4, 0.5) is 0 Å². The minimum absolute atomic E-state index is 0. The fraction of sp³-hybridized carbons (Fsp3) is 0.125. The molecule has 0 saturated carbocycles. The van der Waals surface area contributed by atoms with Crippen molar-refractivity contribution in [3.63, 3.8) is 0 Å². The van der Waals surface area contributed by atoms with Gasteiger partial charge in [-0.15, -0.1) is 0 Å². The van der Waals surface area contributed by atoms with Gasteiger partial charge in [0.15, 0.2) is 0 Å². The Labute approximate surface area is 101 Å². The van der Waals surface area contributed by atoms with Crippen molar-refractivity contribution >= 4 is 21.9 Å². The molecule has 0 radical (unpaired) electrons. The maximum absolute atomic E-state index is 10.3. The van der Waals surface area contributed by atoms with Crippen LogP contribution in [-0.2, 0) is 5.33 Å². The number of carboxylic acids is 1. The summed E-state index contributed by atoms with van der Waals surface area (Å²) in [4.78, 5) is 10.3. The maximum atomic E-state index is 10.3. The third-order valence-corrected chi connectivity index (χ3v) is 1.96. The van der Waals surface area contributed by atoms with Crippen LogP contribution < -0.4 is 34.7 Å². The summed E-state index contributed by atoms with van der Waals surface area (Å²) in [5, 5.41) is 11.0. The standard InChI is InChI=1S/C8H7BrO2.Na/c9-5-6-2-1-3-7(4-6)8(10)11;/h1-4H,5H2,(H,10,11);/q;+1/p-1. The monoisotopic (exact) mass is 236 g/mol. The average Bonchev–Trinajstić information content (AvgIpc) is 2.05. The van der Waals surface area contributed by atoms with Crippen molar-refractivity contribution in [2.45, 2.75) is 5.33 Å². The van der Waals surface area contributed by atoms with Crippen molar-refractivity contribution in [3.8, 4) is 0 Å². The predicted octanol–water partition coefficient (Wildman–Crippen LogP) is -2.05. The molecule has 1 aromatic carbocycles. The quantitative estimate of drug-likeness (QED) is 0.438. The second-order valence-electron chi connectivity index (χ2n) is 2.12. The first kappa shape index (κ1) is 12.2. The molecule has 12 heavy (non-hydrogen) atoms. The van der Waals surface area contributed by atoms with E-state index in [2.05, 4.69) is 15.9 Å². The molecule has 0 bridgehead atoms. The number of carbonyl (C=O) groups excluding carboxylic acids is 1. The number of hydrogen-bond donors (Lipinski definition) is 0. The number of hydrogen-bond acceptors (Lipinski definition) is 2. The molecule has 1 rings (SSSR count). The van der Waals surface area contributed by atoms with E-state index in [-0.39, 0.29) is 35.1 Å². The zero-order valence-electron chi connectivity index (χ0n) is 6.71. The van der Waals surface area contributed by atoms with E-state index in [1.807, 2.05) is 6.07 Å². The number of rotatable bonds is 2. The first-order chi connectivity index (χ1) is 5.24. The van der Waals surface area contributed by atoms with E-state index in [1.165, 1.54) is 6.07 Å². The Morgan fingerprint density at radius 3 is 2.67 bits per heavy atom. The van der Waals surface area contributed by atoms with Gasteiger partial charge >= 0.3 is 29.6 Å². The SMILES string of the molecule is O=C([O-])c1cccc(CBr)c1.[Na+]. The number of benzene rings is 1. The van der Waals surface area contributed by atoms with Crippen molar-refractivity contribution < 1.29 is 39.5 Å². The number of alkyl halides is 1. The van der Waals surface area contributed by atoms with E-state index in [4.69, 9.17) is 0 Å². The van der Waals surface area contributed by atoms with Crippen molar-refractivity contribution in [2.24, 2.45) is 0 Å². The van der Waals surface area contributed by atoms with Crippen molar-refractivity contribution in [1.82, 2.24) is 0 Å². The molecule has 0 aliphatic carbocycles. The molecule has 0 N–H and O–H groups in total. The zero-order chi connectivity index (χ0) is 8.27. The Kier molecular flexibility index (Phi) is 5.84. The molecule has 58 valence electrons. The number of carboxylic acid groups (broad SMARTS) is 1. The van der Waals surface area contributed by atoms with Crippen LogP contribution in [0.2, 0.25) is 0 Å². The maximum Gasteiger partial charge on any atom is 1.00 e. The van der Waals surface area contributed by atoms with Crippen molar-refractivity contribution in [2.75, 3.05) is 0 Å². The molecule has 0 fully saturated rings. The molecular formula is C8H6BrNaO2. The first-order valence-electron chi connectivity index (χ1n) is 3.10. The fourth-order valence-electron chi connectivity index (χ4n) is 0.781. The molecule has 2 nitrogen and oxygen atoms in total. The fourth-order valence-corrected chi connectivity index (χ4v) is 1.13. The molecular weight excluding hydrogens is 231 g/mol. The smallest absolute Gasteiger partial charge is 0.545 e. The minimum atomic E-state index is -1.13. The molecule has 0 saturated heterocycles. The molecule has 0 aliphatic rings. The van der Waals surface area contributed by atoms with Gasteiger partial charge in [-0.2, -0.15) is 0 Å². The number of carbonyl (C=O) groups is 1. The van der Waals surface area contributed by atoms with Gasteiger partial charge in [-0.05, 0) is 17.2 Å². The summed E-state index contributed by atoms with van der Waals surface area (Å²) in [6.45, 7) is 0. The van der Waals surface area contributed by atoms with Crippen LogP contribution in [0.15, 0.2) is 24.3 Å². The summed E-state index contributed by atoms with van der Waals surface area (Å²) in [5.41, 5.74) is 1.16. The molecule has 0 heterocycles. The van der Waals surface area contributed by atoms with E-state index in [1.54, 1.807) is 12.1 Å². The van der Waals surface area contributed by atoms with Gasteiger partial charge in [0.2, 0.25) is 0 Å². The second-order valence-corrected chi connectivity index (χ2v) is 2.68. The Morgan fingerprint density at radius 2 is 2.17 bits per heavy atom. The van der Waals surface area contributed by atoms with E-state index >= 15 is 0 Å². The summed E-state index contributed by atoms with van der Waals surface area (Å²) in [6.07, 6.45) is 0. The largest absolute Gasteiger partial charge is 1.00 e. The normalized spacial score (nSPS) is 8.75. The van der Waals surface area contributed by atoms with Gasteiger partial charge in [0.05, 0.1) is 5.97 Å². The van der Waals surface area contributed by atoms with Gasteiger partial charge in [-0.3, -0.25) is 0 Å². The molecule has 0 spiro atoms. The van der Waals surface area contributed by atoms with Crippen LogP contribution in [0.5, 0.6) is 0 Å². The Morgan fingerprint density at radius 1 is 1.50 bits per heavy atom. The topological polar surface area (TPSA) is 40.1 Å². The van der Waals surface area contributed by atoms with E-state index in [0.29, 0.717) is 5.33 Å². The van der Waals surface area contributed by atoms with Crippen LogP contribution in [-0.4, -0.2) is 5.97 Å². The summed E-state index contributed by atoms with van der Waals surface area (Å²) < 4.78 is 0. The van der Waals surface area contributed by atoms with Crippen LogP contribution in [0.25, 0.3) is 0 Å². The van der Waals surface area contributed by atoms with Gasteiger partial charge < -0.3 is 9.90 Å². The van der Waals surface area contributed by atoms with Crippen LogP contribution in [0.3, 0.4) is 0 Å².